The van der Waals surface area contributed by atoms with Crippen LogP contribution in [0.2, 0.25) is 0 Å². The molecular weight excluding hydrogens is 398 g/mol. The average molecular weight is 422 g/mol. The van der Waals surface area contributed by atoms with Crippen LogP contribution in [0.25, 0.3) is 0 Å². The van der Waals surface area contributed by atoms with Crippen molar-refractivity contribution in [3.05, 3.63) is 52.5 Å². The quantitative estimate of drug-likeness (QED) is 0.570. The van der Waals surface area contributed by atoms with Crippen molar-refractivity contribution < 1.29 is 9.47 Å². The molecule has 5 heteroatoms. The highest BCUT2D eigenvalue weighted by atomic mass is 79.9. The van der Waals surface area contributed by atoms with Crippen LogP contribution in [0, 0.1) is 0 Å². The number of hydrogen-bond acceptors (Lipinski definition) is 4. The lowest BCUT2D eigenvalue weighted by atomic mass is 10.1. The Morgan fingerprint density at radius 2 is 1.88 bits per heavy atom. The Labute approximate surface area is 162 Å². The van der Waals surface area contributed by atoms with Gasteiger partial charge in [0, 0.05) is 22.5 Å². The SMILES string of the molecule is CSc1ccc(Oc2ccc(Br)cc2CCCN2CCOCC2)cc1. The first kappa shape index (κ1) is 18.8. The summed E-state index contributed by atoms with van der Waals surface area (Å²) in [6.07, 6.45) is 4.21. The number of halogens is 1. The Hall–Kier alpha value is -1.01. The molecule has 0 bridgehead atoms. The van der Waals surface area contributed by atoms with Crippen LogP contribution in [0.5, 0.6) is 11.5 Å². The van der Waals surface area contributed by atoms with Gasteiger partial charge in [0.05, 0.1) is 13.2 Å². The fourth-order valence-electron chi connectivity index (χ4n) is 2.93. The molecule has 0 amide bonds. The van der Waals surface area contributed by atoms with E-state index in [0.29, 0.717) is 0 Å². The molecule has 25 heavy (non-hydrogen) atoms. The third kappa shape index (κ3) is 5.74. The summed E-state index contributed by atoms with van der Waals surface area (Å²) in [5.41, 5.74) is 1.25. The normalized spacial score (nSPS) is 15.3. The van der Waals surface area contributed by atoms with Gasteiger partial charge in [-0.1, -0.05) is 15.9 Å². The van der Waals surface area contributed by atoms with Gasteiger partial charge in [0.25, 0.3) is 0 Å². The van der Waals surface area contributed by atoms with Crippen LogP contribution in [-0.4, -0.2) is 44.0 Å². The first-order valence-electron chi connectivity index (χ1n) is 8.65. The van der Waals surface area contributed by atoms with Crippen LogP contribution in [0.15, 0.2) is 51.8 Å². The molecule has 0 spiro atoms. The topological polar surface area (TPSA) is 21.7 Å². The predicted octanol–water partition coefficient (Wildman–Crippen LogP) is 5.23. The summed E-state index contributed by atoms with van der Waals surface area (Å²) in [6, 6.07) is 14.5. The van der Waals surface area contributed by atoms with E-state index in [1.54, 1.807) is 11.8 Å². The number of hydrogen-bond donors (Lipinski definition) is 0. The molecule has 0 atom stereocenters. The molecule has 0 saturated carbocycles. The highest BCUT2D eigenvalue weighted by molar-refractivity contribution is 9.10. The smallest absolute Gasteiger partial charge is 0.130 e. The molecule has 1 aliphatic rings. The van der Waals surface area contributed by atoms with Crippen LogP contribution >= 0.6 is 27.7 Å². The van der Waals surface area contributed by atoms with E-state index in [2.05, 4.69) is 51.4 Å². The Morgan fingerprint density at radius 1 is 1.12 bits per heavy atom. The molecule has 1 aliphatic heterocycles. The number of morpholine rings is 1. The Morgan fingerprint density at radius 3 is 2.60 bits per heavy atom. The largest absolute Gasteiger partial charge is 0.457 e. The molecule has 1 heterocycles. The minimum Gasteiger partial charge on any atom is -0.457 e. The van der Waals surface area contributed by atoms with Gasteiger partial charge in [-0.15, -0.1) is 11.8 Å². The van der Waals surface area contributed by atoms with Gasteiger partial charge in [0.1, 0.15) is 11.5 Å². The van der Waals surface area contributed by atoms with Gasteiger partial charge in [-0.25, -0.2) is 0 Å². The van der Waals surface area contributed by atoms with Gasteiger partial charge in [-0.05, 0) is 73.7 Å². The summed E-state index contributed by atoms with van der Waals surface area (Å²) in [7, 11) is 0. The lowest BCUT2D eigenvalue weighted by molar-refractivity contribution is 0.0374. The third-order valence-corrected chi connectivity index (χ3v) is 5.57. The number of rotatable bonds is 7. The number of aryl methyl sites for hydroxylation is 1. The minimum atomic E-state index is 0.858. The number of ether oxygens (including phenoxy) is 2. The lowest BCUT2D eigenvalue weighted by Gasteiger charge is -2.26. The highest BCUT2D eigenvalue weighted by Crippen LogP contribution is 2.30. The fourth-order valence-corrected chi connectivity index (χ4v) is 3.75. The Kier molecular flexibility index (Phi) is 7.23. The van der Waals surface area contributed by atoms with Crippen LogP contribution < -0.4 is 4.74 Å². The minimum absolute atomic E-state index is 0.858. The lowest BCUT2D eigenvalue weighted by Crippen LogP contribution is -2.36. The summed E-state index contributed by atoms with van der Waals surface area (Å²) >= 11 is 5.32. The maximum Gasteiger partial charge on any atom is 0.130 e. The molecule has 0 radical (unpaired) electrons. The van der Waals surface area contributed by atoms with Gasteiger partial charge in [0.15, 0.2) is 0 Å². The van der Waals surface area contributed by atoms with Gasteiger partial charge < -0.3 is 9.47 Å². The predicted molar refractivity (Wildman–Crippen MR) is 108 cm³/mol. The van der Waals surface area contributed by atoms with E-state index in [1.807, 2.05) is 18.2 Å². The van der Waals surface area contributed by atoms with Gasteiger partial charge >= 0.3 is 0 Å². The van der Waals surface area contributed by atoms with Crippen LogP contribution in [-0.2, 0) is 11.2 Å². The molecule has 3 nitrogen and oxygen atoms in total. The van der Waals surface area contributed by atoms with E-state index >= 15 is 0 Å². The zero-order valence-corrected chi connectivity index (χ0v) is 16.9. The van der Waals surface area contributed by atoms with Crippen molar-refractivity contribution in [3.8, 4) is 11.5 Å². The zero-order chi connectivity index (χ0) is 17.5. The van der Waals surface area contributed by atoms with Crippen molar-refractivity contribution in [1.29, 1.82) is 0 Å². The van der Waals surface area contributed by atoms with E-state index < -0.39 is 0 Å². The Bertz CT molecular complexity index is 672. The first-order valence-corrected chi connectivity index (χ1v) is 10.7. The average Bonchev–Trinajstić information content (AvgIpc) is 2.65. The van der Waals surface area contributed by atoms with Gasteiger partial charge in [-0.2, -0.15) is 0 Å². The molecule has 3 rings (SSSR count). The first-order chi connectivity index (χ1) is 12.2. The molecule has 0 N–H and O–H groups in total. The van der Waals surface area contributed by atoms with E-state index in [9.17, 15) is 0 Å². The molecule has 2 aromatic rings. The molecule has 1 fully saturated rings. The summed E-state index contributed by atoms with van der Waals surface area (Å²) in [4.78, 5) is 3.72. The molecular formula is C20H24BrNO2S. The van der Waals surface area contributed by atoms with Crippen molar-refractivity contribution >= 4 is 27.7 Å². The Balaban J connectivity index is 1.62. The second-order valence-corrected chi connectivity index (χ2v) is 7.88. The maximum atomic E-state index is 6.14. The van der Waals surface area contributed by atoms with E-state index in [1.165, 1.54) is 10.5 Å². The molecule has 0 unspecified atom stereocenters. The molecule has 134 valence electrons. The molecule has 0 aliphatic carbocycles. The fraction of sp³-hybridized carbons (Fsp3) is 0.400. The number of benzene rings is 2. The van der Waals surface area contributed by atoms with Crippen LogP contribution in [0.1, 0.15) is 12.0 Å². The molecule has 2 aromatic carbocycles. The number of thioether (sulfide) groups is 1. The zero-order valence-electron chi connectivity index (χ0n) is 14.5. The van der Waals surface area contributed by atoms with Crippen molar-refractivity contribution in [2.45, 2.75) is 17.7 Å². The standard InChI is InChI=1S/C20H24BrNO2S/c1-25-19-7-5-18(6-8-19)24-20-9-4-17(21)15-16(20)3-2-10-22-11-13-23-14-12-22/h4-9,15H,2-3,10-14H2,1H3. The van der Waals surface area contributed by atoms with E-state index in [-0.39, 0.29) is 0 Å². The molecule has 0 aromatic heterocycles. The summed E-state index contributed by atoms with van der Waals surface area (Å²) in [5.74, 6) is 1.83. The van der Waals surface area contributed by atoms with Crippen molar-refractivity contribution in [2.24, 2.45) is 0 Å². The number of nitrogens with zero attached hydrogens (tertiary/aromatic N) is 1. The second kappa shape index (κ2) is 9.62. The summed E-state index contributed by atoms with van der Waals surface area (Å²) < 4.78 is 12.7. The van der Waals surface area contributed by atoms with Crippen molar-refractivity contribution in [2.75, 3.05) is 39.1 Å². The van der Waals surface area contributed by atoms with Crippen molar-refractivity contribution in [3.63, 3.8) is 0 Å². The van der Waals surface area contributed by atoms with Crippen LogP contribution in [0.3, 0.4) is 0 Å². The molecule has 1 saturated heterocycles. The third-order valence-electron chi connectivity index (χ3n) is 4.33. The van der Waals surface area contributed by atoms with Gasteiger partial charge in [-0.3, -0.25) is 4.90 Å². The monoisotopic (exact) mass is 421 g/mol. The second-order valence-electron chi connectivity index (χ2n) is 6.09. The summed E-state index contributed by atoms with van der Waals surface area (Å²) in [6.45, 7) is 4.92. The van der Waals surface area contributed by atoms with Gasteiger partial charge in [0.2, 0.25) is 0 Å². The van der Waals surface area contributed by atoms with Crippen molar-refractivity contribution in [1.82, 2.24) is 4.90 Å². The van der Waals surface area contributed by atoms with Crippen LogP contribution in [0.4, 0.5) is 0 Å². The summed E-state index contributed by atoms with van der Waals surface area (Å²) in [5, 5.41) is 0. The highest BCUT2D eigenvalue weighted by Gasteiger charge is 2.11. The van der Waals surface area contributed by atoms with E-state index in [0.717, 1.165) is 61.7 Å². The maximum absolute atomic E-state index is 6.14. The van der Waals surface area contributed by atoms with E-state index in [4.69, 9.17) is 9.47 Å².